The van der Waals surface area contributed by atoms with Crippen LogP contribution in [0, 0.1) is 0 Å². The van der Waals surface area contributed by atoms with Gasteiger partial charge in [-0.25, -0.2) is 9.48 Å². The van der Waals surface area contributed by atoms with E-state index in [2.05, 4.69) is 10.4 Å². The molecule has 7 nitrogen and oxygen atoms in total. The number of benzene rings is 1. The third kappa shape index (κ3) is 4.20. The molecule has 2 rings (SSSR count). The van der Waals surface area contributed by atoms with Crippen LogP contribution in [0.2, 0.25) is 0 Å². The van der Waals surface area contributed by atoms with Crippen LogP contribution in [-0.4, -0.2) is 46.5 Å². The normalized spacial score (nSPS) is 12.7. The molecule has 0 aliphatic rings. The molecule has 0 saturated heterocycles. The van der Waals surface area contributed by atoms with E-state index in [1.165, 1.54) is 31.4 Å². The Morgan fingerprint density at radius 2 is 1.92 bits per heavy atom. The van der Waals surface area contributed by atoms with Crippen LogP contribution in [0.15, 0.2) is 30.5 Å². The average molecular weight is 371 g/mol. The van der Waals surface area contributed by atoms with Crippen LogP contribution >= 0.6 is 0 Å². The third-order valence-corrected chi connectivity index (χ3v) is 3.44. The van der Waals surface area contributed by atoms with Gasteiger partial charge in [0.1, 0.15) is 5.56 Å². The largest absolute Gasteiger partial charge is 0.478 e. The molecule has 1 atom stereocenters. The van der Waals surface area contributed by atoms with Gasteiger partial charge >= 0.3 is 12.1 Å². The lowest BCUT2D eigenvalue weighted by Crippen LogP contribution is -2.35. The first-order valence-corrected chi connectivity index (χ1v) is 7.44. The highest BCUT2D eigenvalue weighted by Gasteiger charge is 2.40. The Hall–Kier alpha value is -2.88. The highest BCUT2D eigenvalue weighted by Crippen LogP contribution is 2.33. The molecule has 26 heavy (non-hydrogen) atoms. The van der Waals surface area contributed by atoms with Gasteiger partial charge in [-0.3, -0.25) is 4.79 Å². The van der Waals surface area contributed by atoms with E-state index >= 15 is 0 Å². The van der Waals surface area contributed by atoms with E-state index in [0.29, 0.717) is 17.5 Å². The molecule has 0 aliphatic carbocycles. The molecule has 2 aromatic rings. The molecule has 1 aromatic heterocycles. The van der Waals surface area contributed by atoms with Crippen molar-refractivity contribution >= 4 is 11.9 Å². The van der Waals surface area contributed by atoms with Crippen LogP contribution in [-0.2, 0) is 10.9 Å². The molecule has 1 heterocycles. The summed E-state index contributed by atoms with van der Waals surface area (Å²) in [4.78, 5) is 23.0. The summed E-state index contributed by atoms with van der Waals surface area (Å²) in [5.41, 5.74) is -2.13. The van der Waals surface area contributed by atoms with Crippen molar-refractivity contribution in [3.05, 3.63) is 47.3 Å². The number of carbonyl (C=O) groups is 2. The van der Waals surface area contributed by atoms with Gasteiger partial charge in [0.05, 0.1) is 18.5 Å². The van der Waals surface area contributed by atoms with E-state index in [4.69, 9.17) is 9.84 Å². The van der Waals surface area contributed by atoms with Crippen molar-refractivity contribution in [1.82, 2.24) is 15.1 Å². The Bertz CT molecular complexity index is 800. The summed E-state index contributed by atoms with van der Waals surface area (Å²) in [7, 11) is 1.49. The van der Waals surface area contributed by atoms with Gasteiger partial charge in [0.15, 0.2) is 5.69 Å². The van der Waals surface area contributed by atoms with Crippen LogP contribution in [0.25, 0.3) is 5.69 Å². The van der Waals surface area contributed by atoms with Gasteiger partial charge < -0.3 is 15.2 Å². The number of rotatable bonds is 6. The zero-order valence-electron chi connectivity index (χ0n) is 13.9. The number of aromatic nitrogens is 2. The number of amides is 1. The van der Waals surface area contributed by atoms with Gasteiger partial charge in [0, 0.05) is 18.7 Å². The van der Waals surface area contributed by atoms with Crippen LogP contribution in [0.4, 0.5) is 13.2 Å². The van der Waals surface area contributed by atoms with Crippen molar-refractivity contribution < 1.29 is 32.6 Å². The summed E-state index contributed by atoms with van der Waals surface area (Å²) in [6, 6.07) is 4.92. The quantitative estimate of drug-likeness (QED) is 0.813. The Kier molecular flexibility index (Phi) is 5.66. The molecular weight excluding hydrogens is 355 g/mol. The number of nitrogens with zero attached hydrogens (tertiary/aromatic N) is 2. The van der Waals surface area contributed by atoms with E-state index in [9.17, 15) is 22.8 Å². The number of carboxylic acid groups (broad SMARTS) is 1. The molecule has 2 N–H and O–H groups in total. The number of carboxylic acids is 1. The summed E-state index contributed by atoms with van der Waals surface area (Å²) in [6.07, 6.45) is -4.27. The van der Waals surface area contributed by atoms with Gasteiger partial charge in [0.2, 0.25) is 0 Å². The highest BCUT2D eigenvalue weighted by molar-refractivity contribution is 5.94. The number of hydrogen-bond acceptors (Lipinski definition) is 4. The SMILES string of the molecule is COC[C@@H](C)NC(=O)c1ccc(-n2ncc(C(=O)O)c2C(F)(F)F)cc1. The molecule has 140 valence electrons. The molecular formula is C16H16F3N3O4. The Morgan fingerprint density at radius 1 is 1.31 bits per heavy atom. The molecule has 0 aliphatic heterocycles. The van der Waals surface area contributed by atoms with Gasteiger partial charge in [-0.1, -0.05) is 0 Å². The maximum Gasteiger partial charge on any atom is 0.434 e. The molecule has 0 spiro atoms. The standard InChI is InChI=1S/C16H16F3N3O4/c1-9(8-26-2)21-14(23)10-3-5-11(6-4-10)22-13(16(17,18)19)12(7-20-22)15(24)25/h3-7,9H,8H2,1-2H3,(H,21,23)(H,24,25)/t9-/m1/s1. The minimum Gasteiger partial charge on any atom is -0.478 e. The van der Waals surface area contributed by atoms with Crippen LogP contribution in [0.5, 0.6) is 0 Å². The van der Waals surface area contributed by atoms with Crippen LogP contribution < -0.4 is 5.32 Å². The number of nitrogens with one attached hydrogen (secondary N) is 1. The number of alkyl halides is 3. The monoisotopic (exact) mass is 371 g/mol. The molecule has 0 radical (unpaired) electrons. The fourth-order valence-corrected chi connectivity index (χ4v) is 2.33. The second-order valence-electron chi connectivity index (χ2n) is 5.50. The van der Waals surface area contributed by atoms with E-state index in [-0.39, 0.29) is 17.3 Å². The van der Waals surface area contributed by atoms with Crippen molar-refractivity contribution in [3.63, 3.8) is 0 Å². The summed E-state index contributed by atoms with van der Waals surface area (Å²) in [6.45, 7) is 2.05. The Balaban J connectivity index is 2.32. The second-order valence-corrected chi connectivity index (χ2v) is 5.50. The smallest absolute Gasteiger partial charge is 0.434 e. The van der Waals surface area contributed by atoms with Crippen molar-refractivity contribution in [3.8, 4) is 5.69 Å². The molecule has 10 heteroatoms. The molecule has 1 aromatic carbocycles. The van der Waals surface area contributed by atoms with Crippen molar-refractivity contribution in [2.24, 2.45) is 0 Å². The van der Waals surface area contributed by atoms with Gasteiger partial charge in [0.25, 0.3) is 5.91 Å². The number of halogens is 3. The van der Waals surface area contributed by atoms with Gasteiger partial charge in [-0.15, -0.1) is 0 Å². The number of methoxy groups -OCH3 is 1. The molecule has 0 bridgehead atoms. The first kappa shape index (κ1) is 19.4. The lowest BCUT2D eigenvalue weighted by molar-refractivity contribution is -0.143. The van der Waals surface area contributed by atoms with E-state index in [0.717, 1.165) is 0 Å². The lowest BCUT2D eigenvalue weighted by Gasteiger charge is -2.14. The lowest BCUT2D eigenvalue weighted by atomic mass is 10.1. The van der Waals surface area contributed by atoms with Gasteiger partial charge in [-0.05, 0) is 31.2 Å². The van der Waals surface area contributed by atoms with E-state index in [1.807, 2.05) is 0 Å². The first-order valence-electron chi connectivity index (χ1n) is 7.44. The van der Waals surface area contributed by atoms with Crippen molar-refractivity contribution in [1.29, 1.82) is 0 Å². The van der Waals surface area contributed by atoms with E-state index in [1.54, 1.807) is 6.92 Å². The zero-order valence-corrected chi connectivity index (χ0v) is 13.9. The fraction of sp³-hybridized carbons (Fsp3) is 0.312. The van der Waals surface area contributed by atoms with Crippen LogP contribution in [0.3, 0.4) is 0 Å². The maximum absolute atomic E-state index is 13.2. The number of aromatic carboxylic acids is 1. The summed E-state index contributed by atoms with van der Waals surface area (Å²) < 4.78 is 45.0. The zero-order chi connectivity index (χ0) is 19.5. The maximum atomic E-state index is 13.2. The summed E-state index contributed by atoms with van der Waals surface area (Å²) in [5, 5.41) is 15.1. The Morgan fingerprint density at radius 3 is 2.42 bits per heavy atom. The summed E-state index contributed by atoms with van der Waals surface area (Å²) >= 11 is 0. The molecule has 1 amide bonds. The molecule has 0 unspecified atom stereocenters. The highest BCUT2D eigenvalue weighted by atomic mass is 19.4. The third-order valence-electron chi connectivity index (χ3n) is 3.44. The predicted molar refractivity (Wildman–Crippen MR) is 84.3 cm³/mol. The van der Waals surface area contributed by atoms with Crippen LogP contribution in [0.1, 0.15) is 33.3 Å². The number of ether oxygens (including phenoxy) is 1. The van der Waals surface area contributed by atoms with Gasteiger partial charge in [-0.2, -0.15) is 18.3 Å². The minimum atomic E-state index is -4.91. The van der Waals surface area contributed by atoms with Crippen molar-refractivity contribution in [2.75, 3.05) is 13.7 Å². The summed E-state index contributed by atoms with van der Waals surface area (Å²) in [5.74, 6) is -2.14. The predicted octanol–water partition coefficient (Wildman–Crippen LogP) is 2.35. The minimum absolute atomic E-state index is 0.0219. The molecule has 0 fully saturated rings. The van der Waals surface area contributed by atoms with E-state index < -0.39 is 29.3 Å². The number of carbonyl (C=O) groups excluding carboxylic acids is 1. The first-order chi connectivity index (χ1) is 12.1. The topological polar surface area (TPSA) is 93.5 Å². The fourth-order valence-electron chi connectivity index (χ4n) is 2.33. The van der Waals surface area contributed by atoms with Crippen molar-refractivity contribution in [2.45, 2.75) is 19.1 Å². The average Bonchev–Trinajstić information content (AvgIpc) is 3.00. The number of hydrogen-bond donors (Lipinski definition) is 2. The second kappa shape index (κ2) is 7.56. The molecule has 0 saturated carbocycles. The Labute approximate surface area is 146 Å².